The molecule has 0 atom stereocenters. The number of nitrogens with zero attached hydrogens (tertiary/aromatic N) is 3. The van der Waals surface area contributed by atoms with E-state index in [9.17, 15) is 4.79 Å². The van der Waals surface area contributed by atoms with Crippen LogP contribution in [0.4, 0.5) is 17.2 Å². The summed E-state index contributed by atoms with van der Waals surface area (Å²) in [5.41, 5.74) is 3.25. The Kier molecular flexibility index (Phi) is 8.34. The van der Waals surface area contributed by atoms with Gasteiger partial charge in [0.15, 0.2) is 11.5 Å². The Bertz CT molecular complexity index is 1460. The maximum Gasteiger partial charge on any atom is 0.252 e. The summed E-state index contributed by atoms with van der Waals surface area (Å²) >= 11 is 6.16. The predicted octanol–water partition coefficient (Wildman–Crippen LogP) is 5.20. The summed E-state index contributed by atoms with van der Waals surface area (Å²) in [6.07, 6.45) is 0. The van der Waals surface area contributed by atoms with Crippen molar-refractivity contribution in [3.63, 3.8) is 0 Å². The van der Waals surface area contributed by atoms with Crippen LogP contribution in [0, 0.1) is 0 Å². The number of ether oxygens (including phenoxy) is 2. The van der Waals surface area contributed by atoms with Crippen molar-refractivity contribution < 1.29 is 14.3 Å². The van der Waals surface area contributed by atoms with Crippen molar-refractivity contribution >= 4 is 45.6 Å². The number of para-hydroxylation sites is 1. The number of hydrogen-bond acceptors (Lipinski definition) is 7. The average molecular weight is 546 g/mol. The molecule has 1 saturated heterocycles. The quantitative estimate of drug-likeness (QED) is 0.299. The second-order valence-electron chi connectivity index (χ2n) is 9.33. The highest BCUT2D eigenvalue weighted by Gasteiger charge is 2.18. The zero-order valence-corrected chi connectivity index (χ0v) is 22.9. The third-order valence-electron chi connectivity index (χ3n) is 6.88. The highest BCUT2D eigenvalue weighted by Crippen LogP contribution is 2.31. The van der Waals surface area contributed by atoms with Gasteiger partial charge in [0.1, 0.15) is 5.82 Å². The van der Waals surface area contributed by atoms with Gasteiger partial charge in [0.05, 0.1) is 25.3 Å². The molecule has 39 heavy (non-hydrogen) atoms. The lowest BCUT2D eigenvalue weighted by Crippen LogP contribution is -2.48. The smallest absolute Gasteiger partial charge is 0.252 e. The van der Waals surface area contributed by atoms with Crippen LogP contribution >= 0.6 is 11.6 Å². The van der Waals surface area contributed by atoms with E-state index in [2.05, 4.69) is 26.5 Å². The number of amides is 1. The number of pyridine rings is 1. The summed E-state index contributed by atoms with van der Waals surface area (Å²) in [6.45, 7) is 5.06. The summed E-state index contributed by atoms with van der Waals surface area (Å²) in [4.78, 5) is 22.7. The number of anilines is 3. The Morgan fingerprint density at radius 3 is 2.49 bits per heavy atom. The number of halogens is 1. The molecule has 0 bridgehead atoms. The number of nitrogens with one attached hydrogen (secondary N) is 2. The fourth-order valence-corrected chi connectivity index (χ4v) is 5.00. The first kappa shape index (κ1) is 26.6. The fourth-order valence-electron chi connectivity index (χ4n) is 4.81. The molecule has 8 nitrogen and oxygen atoms in total. The summed E-state index contributed by atoms with van der Waals surface area (Å²) < 4.78 is 10.7. The van der Waals surface area contributed by atoms with Gasteiger partial charge in [-0.05, 0) is 42.5 Å². The molecule has 0 spiro atoms. The number of rotatable bonds is 9. The van der Waals surface area contributed by atoms with Gasteiger partial charge in [0.2, 0.25) is 0 Å². The summed E-state index contributed by atoms with van der Waals surface area (Å²) in [5.74, 6) is 1.69. The van der Waals surface area contributed by atoms with Gasteiger partial charge < -0.3 is 25.0 Å². The summed E-state index contributed by atoms with van der Waals surface area (Å²) in [7, 11) is 3.19. The normalized spacial score (nSPS) is 13.8. The average Bonchev–Trinajstić information content (AvgIpc) is 2.97. The molecule has 0 radical (unpaired) electrons. The van der Waals surface area contributed by atoms with Crippen LogP contribution in [0.5, 0.6) is 11.5 Å². The Balaban J connectivity index is 1.22. The van der Waals surface area contributed by atoms with Gasteiger partial charge in [-0.3, -0.25) is 9.69 Å². The van der Waals surface area contributed by atoms with E-state index >= 15 is 0 Å². The minimum atomic E-state index is -0.124. The lowest BCUT2D eigenvalue weighted by molar-refractivity contribution is 0.0949. The van der Waals surface area contributed by atoms with E-state index in [0.717, 1.165) is 60.0 Å². The van der Waals surface area contributed by atoms with Gasteiger partial charge >= 0.3 is 0 Å². The van der Waals surface area contributed by atoms with Crippen LogP contribution in [0.2, 0.25) is 5.02 Å². The van der Waals surface area contributed by atoms with Gasteiger partial charge in [-0.15, -0.1) is 0 Å². The Labute approximate surface area is 233 Å². The molecular formula is C30H32ClN5O3. The molecule has 1 aromatic heterocycles. The number of methoxy groups -OCH3 is 2. The molecular weight excluding hydrogens is 514 g/mol. The van der Waals surface area contributed by atoms with Crippen molar-refractivity contribution in [3.8, 4) is 11.5 Å². The van der Waals surface area contributed by atoms with Gasteiger partial charge in [0, 0.05) is 67.1 Å². The second kappa shape index (κ2) is 12.2. The number of fused-ring (bicyclic) bond motifs is 1. The molecule has 0 saturated carbocycles. The third-order valence-corrected chi connectivity index (χ3v) is 7.11. The van der Waals surface area contributed by atoms with Crippen molar-refractivity contribution in [2.24, 2.45) is 0 Å². The Morgan fingerprint density at radius 2 is 1.72 bits per heavy atom. The standard InChI is InChI=1S/C30H32ClN5O3/c1-38-27-11-10-22(19-28(27)39-2)33-29-20-25(24-8-3-4-9-26(24)34-29)30(37)32-12-13-35-14-16-36(17-15-35)23-7-5-6-21(31)18-23/h3-11,18-20H,12-17H2,1-2H3,(H,32,37)(H,33,34). The van der Waals surface area contributed by atoms with E-state index in [-0.39, 0.29) is 5.91 Å². The highest BCUT2D eigenvalue weighted by molar-refractivity contribution is 6.30. The van der Waals surface area contributed by atoms with Crippen molar-refractivity contribution in [2.45, 2.75) is 0 Å². The largest absolute Gasteiger partial charge is 0.493 e. The second-order valence-corrected chi connectivity index (χ2v) is 9.77. The van der Waals surface area contributed by atoms with Crippen LogP contribution in [0.1, 0.15) is 10.4 Å². The Hall–Kier alpha value is -4.01. The van der Waals surface area contributed by atoms with Crippen LogP contribution in [0.3, 0.4) is 0 Å². The first-order chi connectivity index (χ1) is 19.0. The lowest BCUT2D eigenvalue weighted by atomic mass is 10.1. The lowest BCUT2D eigenvalue weighted by Gasteiger charge is -2.36. The molecule has 3 aromatic carbocycles. The summed E-state index contributed by atoms with van der Waals surface area (Å²) in [5, 5.41) is 7.97. The van der Waals surface area contributed by atoms with Crippen molar-refractivity contribution in [1.29, 1.82) is 0 Å². The number of aromatic nitrogens is 1. The molecule has 2 heterocycles. The molecule has 0 aliphatic carbocycles. The van der Waals surface area contributed by atoms with Crippen molar-refractivity contribution in [3.05, 3.63) is 83.4 Å². The van der Waals surface area contributed by atoms with Crippen molar-refractivity contribution in [2.75, 3.05) is 63.7 Å². The van der Waals surface area contributed by atoms with Gasteiger partial charge in [0.25, 0.3) is 5.91 Å². The monoisotopic (exact) mass is 545 g/mol. The van der Waals surface area contributed by atoms with Crippen LogP contribution in [0.25, 0.3) is 10.9 Å². The molecule has 2 N–H and O–H groups in total. The molecule has 1 aliphatic heterocycles. The molecule has 1 amide bonds. The molecule has 0 unspecified atom stereocenters. The topological polar surface area (TPSA) is 79.0 Å². The molecule has 9 heteroatoms. The predicted molar refractivity (Wildman–Crippen MR) is 157 cm³/mol. The zero-order chi connectivity index (χ0) is 27.2. The third kappa shape index (κ3) is 6.35. The van der Waals surface area contributed by atoms with Crippen LogP contribution in [-0.4, -0.2) is 69.3 Å². The molecule has 1 fully saturated rings. The van der Waals surface area contributed by atoms with E-state index in [4.69, 9.17) is 26.1 Å². The van der Waals surface area contributed by atoms with Gasteiger partial charge in [-0.2, -0.15) is 0 Å². The SMILES string of the molecule is COc1ccc(Nc2cc(C(=O)NCCN3CCN(c4cccc(Cl)c4)CC3)c3ccccc3n2)cc1OC. The van der Waals surface area contributed by atoms with E-state index in [1.54, 1.807) is 20.3 Å². The fraction of sp³-hybridized carbons (Fsp3) is 0.267. The molecule has 4 aromatic rings. The van der Waals surface area contributed by atoms with E-state index in [1.165, 1.54) is 0 Å². The van der Waals surface area contributed by atoms with E-state index in [1.807, 2.05) is 60.7 Å². The number of carbonyl (C=O) groups is 1. The first-order valence-corrected chi connectivity index (χ1v) is 13.3. The van der Waals surface area contributed by atoms with Crippen LogP contribution in [0.15, 0.2) is 72.8 Å². The van der Waals surface area contributed by atoms with Crippen LogP contribution < -0.4 is 25.0 Å². The summed E-state index contributed by atoms with van der Waals surface area (Å²) in [6, 6.07) is 23.0. The van der Waals surface area contributed by atoms with E-state index in [0.29, 0.717) is 29.4 Å². The molecule has 1 aliphatic rings. The minimum Gasteiger partial charge on any atom is -0.493 e. The number of piperazine rings is 1. The highest BCUT2D eigenvalue weighted by atomic mass is 35.5. The van der Waals surface area contributed by atoms with Gasteiger partial charge in [-0.25, -0.2) is 4.98 Å². The van der Waals surface area contributed by atoms with Crippen molar-refractivity contribution in [1.82, 2.24) is 15.2 Å². The maximum atomic E-state index is 13.3. The van der Waals surface area contributed by atoms with Crippen LogP contribution in [-0.2, 0) is 0 Å². The Morgan fingerprint density at radius 1 is 0.923 bits per heavy atom. The number of hydrogen-bond donors (Lipinski definition) is 2. The maximum absolute atomic E-state index is 13.3. The number of carbonyl (C=O) groups excluding carboxylic acids is 1. The van der Waals surface area contributed by atoms with Gasteiger partial charge in [-0.1, -0.05) is 35.9 Å². The first-order valence-electron chi connectivity index (χ1n) is 12.9. The molecule has 5 rings (SSSR count). The zero-order valence-electron chi connectivity index (χ0n) is 22.1. The molecule has 202 valence electrons. The minimum absolute atomic E-state index is 0.124. The van der Waals surface area contributed by atoms with E-state index < -0.39 is 0 Å². The number of benzene rings is 3.